The normalized spacial score (nSPS) is 10.5. The smallest absolute Gasteiger partial charge is 0.251 e. The molecule has 0 saturated carbocycles. The first-order chi connectivity index (χ1) is 16.5. The van der Waals surface area contributed by atoms with Gasteiger partial charge in [-0.2, -0.15) is 0 Å². The Balaban J connectivity index is 1.31. The summed E-state index contributed by atoms with van der Waals surface area (Å²) in [5.74, 6) is 1.34. The molecule has 0 aliphatic carbocycles. The van der Waals surface area contributed by atoms with E-state index in [1.54, 1.807) is 24.3 Å². The highest BCUT2D eigenvalue weighted by atomic mass is 32.2. The number of nitrogens with one attached hydrogen (secondary N) is 2. The highest BCUT2D eigenvalue weighted by Gasteiger charge is 2.09. The van der Waals surface area contributed by atoms with Crippen LogP contribution in [0.2, 0.25) is 0 Å². The van der Waals surface area contributed by atoms with Gasteiger partial charge in [-0.3, -0.25) is 9.59 Å². The van der Waals surface area contributed by atoms with Crippen molar-refractivity contribution in [2.75, 3.05) is 23.0 Å². The molecule has 0 bridgehead atoms. The van der Waals surface area contributed by atoms with Crippen LogP contribution < -0.4 is 20.5 Å². The summed E-state index contributed by atoms with van der Waals surface area (Å²) in [6, 6.07) is 28.0. The number of hydrogen-bond donors (Lipinski definition) is 2. The molecule has 4 aromatic rings. The van der Waals surface area contributed by atoms with Crippen molar-refractivity contribution in [3.63, 3.8) is 0 Å². The van der Waals surface area contributed by atoms with E-state index >= 15 is 0 Å². The standard InChI is InChI=1S/C26H24N4O3S/c1-30(21-8-4-2-5-9-21)17-20-16-24(31)29-26(28-20)34-18-25(32)27-19-12-14-23(15-13-19)33-22-10-6-3-7-11-22/h2-16H,17-18H2,1H3,(H,27,32)(H,28,29,31). The molecule has 2 N–H and O–H groups in total. The minimum absolute atomic E-state index is 0.114. The van der Waals surface area contributed by atoms with E-state index in [9.17, 15) is 9.59 Å². The molecule has 0 atom stereocenters. The molecule has 1 heterocycles. The van der Waals surface area contributed by atoms with Gasteiger partial charge in [-0.05, 0) is 48.5 Å². The van der Waals surface area contributed by atoms with Crippen LogP contribution in [0.5, 0.6) is 11.5 Å². The van der Waals surface area contributed by atoms with Gasteiger partial charge in [0.15, 0.2) is 5.16 Å². The number of aromatic amines is 1. The third-order valence-electron chi connectivity index (χ3n) is 4.83. The lowest BCUT2D eigenvalue weighted by atomic mass is 10.3. The summed E-state index contributed by atoms with van der Waals surface area (Å²) in [6.45, 7) is 0.477. The Labute approximate surface area is 201 Å². The van der Waals surface area contributed by atoms with E-state index in [4.69, 9.17) is 4.74 Å². The maximum absolute atomic E-state index is 12.4. The molecular weight excluding hydrogens is 448 g/mol. The lowest BCUT2D eigenvalue weighted by Crippen LogP contribution is -2.20. The highest BCUT2D eigenvalue weighted by Crippen LogP contribution is 2.23. The Kier molecular flexibility index (Phi) is 7.62. The number of hydrogen-bond acceptors (Lipinski definition) is 6. The number of carbonyl (C=O) groups excluding carboxylic acids is 1. The van der Waals surface area contributed by atoms with Crippen molar-refractivity contribution < 1.29 is 9.53 Å². The van der Waals surface area contributed by atoms with Gasteiger partial charge in [0.1, 0.15) is 11.5 Å². The average molecular weight is 473 g/mol. The molecule has 0 aliphatic rings. The maximum atomic E-state index is 12.4. The number of nitrogens with zero attached hydrogens (tertiary/aromatic N) is 2. The summed E-state index contributed by atoms with van der Waals surface area (Å²) in [5.41, 5.74) is 2.07. The van der Waals surface area contributed by atoms with Crippen molar-refractivity contribution in [3.05, 3.63) is 107 Å². The molecule has 1 amide bonds. The molecule has 34 heavy (non-hydrogen) atoms. The van der Waals surface area contributed by atoms with Crippen molar-refractivity contribution in [1.29, 1.82) is 0 Å². The van der Waals surface area contributed by atoms with Crippen molar-refractivity contribution >= 4 is 29.0 Å². The summed E-state index contributed by atoms with van der Waals surface area (Å²) in [4.78, 5) is 33.7. The van der Waals surface area contributed by atoms with Gasteiger partial charge < -0.3 is 19.9 Å². The number of para-hydroxylation sites is 2. The molecule has 8 heteroatoms. The van der Waals surface area contributed by atoms with Crippen LogP contribution in [0.25, 0.3) is 0 Å². The van der Waals surface area contributed by atoms with Crippen molar-refractivity contribution in [1.82, 2.24) is 9.97 Å². The Bertz CT molecular complexity index is 1280. The first kappa shape index (κ1) is 23.1. The largest absolute Gasteiger partial charge is 0.457 e. The molecule has 0 radical (unpaired) electrons. The van der Waals surface area contributed by atoms with Crippen LogP contribution in [-0.4, -0.2) is 28.7 Å². The Morgan fingerprint density at radius 1 is 0.971 bits per heavy atom. The van der Waals surface area contributed by atoms with Crippen molar-refractivity contribution in [3.8, 4) is 11.5 Å². The van der Waals surface area contributed by atoms with Crippen LogP contribution in [0, 0.1) is 0 Å². The second-order valence-electron chi connectivity index (χ2n) is 7.51. The Hall–Kier alpha value is -4.04. The lowest BCUT2D eigenvalue weighted by Gasteiger charge is -2.18. The molecular formula is C26H24N4O3S. The zero-order valence-electron chi connectivity index (χ0n) is 18.6. The molecule has 3 aromatic carbocycles. The van der Waals surface area contributed by atoms with E-state index in [1.165, 1.54) is 17.8 Å². The van der Waals surface area contributed by atoms with Gasteiger partial charge >= 0.3 is 0 Å². The quantitative estimate of drug-likeness (QED) is 0.265. The van der Waals surface area contributed by atoms with Gasteiger partial charge in [0.2, 0.25) is 5.91 Å². The van der Waals surface area contributed by atoms with E-state index in [-0.39, 0.29) is 17.2 Å². The fraction of sp³-hybridized carbons (Fsp3) is 0.115. The molecule has 0 saturated heterocycles. The Morgan fingerprint density at radius 2 is 1.62 bits per heavy atom. The van der Waals surface area contributed by atoms with Gasteiger partial charge in [-0.15, -0.1) is 0 Å². The van der Waals surface area contributed by atoms with E-state index in [1.807, 2.05) is 72.6 Å². The van der Waals surface area contributed by atoms with Gasteiger partial charge in [-0.25, -0.2) is 4.98 Å². The van der Waals surface area contributed by atoms with Crippen LogP contribution >= 0.6 is 11.8 Å². The first-order valence-corrected chi connectivity index (χ1v) is 11.7. The van der Waals surface area contributed by atoms with Crippen LogP contribution in [0.4, 0.5) is 11.4 Å². The molecule has 0 fully saturated rings. The molecule has 4 rings (SSSR count). The zero-order chi connectivity index (χ0) is 23.8. The number of benzene rings is 3. The fourth-order valence-electron chi connectivity index (χ4n) is 3.21. The second kappa shape index (κ2) is 11.2. The van der Waals surface area contributed by atoms with Crippen LogP contribution in [0.15, 0.2) is 101 Å². The minimum Gasteiger partial charge on any atom is -0.457 e. The number of amides is 1. The van der Waals surface area contributed by atoms with Crippen molar-refractivity contribution in [2.24, 2.45) is 0 Å². The Morgan fingerprint density at radius 3 is 2.32 bits per heavy atom. The van der Waals surface area contributed by atoms with Gasteiger partial charge in [-0.1, -0.05) is 48.2 Å². The number of ether oxygens (including phenoxy) is 1. The summed E-state index contributed by atoms with van der Waals surface area (Å²) >= 11 is 1.18. The third kappa shape index (κ3) is 6.73. The van der Waals surface area contributed by atoms with E-state index in [0.29, 0.717) is 28.8 Å². The number of H-pyrrole nitrogens is 1. The van der Waals surface area contributed by atoms with Gasteiger partial charge in [0.25, 0.3) is 5.56 Å². The number of rotatable bonds is 9. The van der Waals surface area contributed by atoms with E-state index < -0.39 is 0 Å². The predicted molar refractivity (Wildman–Crippen MR) is 136 cm³/mol. The van der Waals surface area contributed by atoms with E-state index in [2.05, 4.69) is 15.3 Å². The maximum Gasteiger partial charge on any atom is 0.251 e. The SMILES string of the molecule is CN(Cc1cc(=O)[nH]c(SCC(=O)Nc2ccc(Oc3ccccc3)cc2)n1)c1ccccc1. The third-order valence-corrected chi connectivity index (χ3v) is 5.70. The van der Waals surface area contributed by atoms with Crippen LogP contribution in [0.1, 0.15) is 5.69 Å². The number of carbonyl (C=O) groups is 1. The summed E-state index contributed by atoms with van der Waals surface area (Å²) in [6.07, 6.45) is 0. The molecule has 0 aliphatic heterocycles. The van der Waals surface area contributed by atoms with E-state index in [0.717, 1.165) is 11.4 Å². The highest BCUT2D eigenvalue weighted by molar-refractivity contribution is 7.99. The fourth-order valence-corrected chi connectivity index (χ4v) is 3.91. The summed E-state index contributed by atoms with van der Waals surface area (Å²) in [7, 11) is 1.94. The molecule has 0 spiro atoms. The predicted octanol–water partition coefficient (Wildman–Crippen LogP) is 4.93. The minimum atomic E-state index is -0.247. The monoisotopic (exact) mass is 472 g/mol. The molecule has 1 aromatic heterocycles. The molecule has 7 nitrogen and oxygen atoms in total. The number of aromatic nitrogens is 2. The van der Waals surface area contributed by atoms with Crippen LogP contribution in [0.3, 0.4) is 0 Å². The molecule has 172 valence electrons. The first-order valence-electron chi connectivity index (χ1n) is 10.7. The van der Waals surface area contributed by atoms with Gasteiger partial charge in [0.05, 0.1) is 18.0 Å². The topological polar surface area (TPSA) is 87.3 Å². The summed E-state index contributed by atoms with van der Waals surface area (Å²) in [5, 5.41) is 3.25. The average Bonchev–Trinajstić information content (AvgIpc) is 2.85. The summed E-state index contributed by atoms with van der Waals surface area (Å²) < 4.78 is 5.76. The second-order valence-corrected chi connectivity index (χ2v) is 8.47. The van der Waals surface area contributed by atoms with Crippen molar-refractivity contribution in [2.45, 2.75) is 11.7 Å². The van der Waals surface area contributed by atoms with Gasteiger partial charge in [0, 0.05) is 24.5 Å². The van der Waals surface area contributed by atoms with Crippen LogP contribution in [-0.2, 0) is 11.3 Å². The zero-order valence-corrected chi connectivity index (χ0v) is 19.4. The number of anilines is 2. The number of thioether (sulfide) groups is 1. The lowest BCUT2D eigenvalue weighted by molar-refractivity contribution is -0.113. The molecule has 0 unspecified atom stereocenters.